The van der Waals surface area contributed by atoms with Crippen LogP contribution < -0.4 is 0 Å². The summed E-state index contributed by atoms with van der Waals surface area (Å²) in [7, 11) is 0. The minimum Gasteiger partial charge on any atom is -0.466 e. The second-order valence-corrected chi connectivity index (χ2v) is 5.10. The van der Waals surface area contributed by atoms with Crippen molar-refractivity contribution in [1.82, 2.24) is 9.88 Å². The molecule has 1 fully saturated rings. The molecule has 1 saturated heterocycles. The fourth-order valence-corrected chi connectivity index (χ4v) is 2.57. The van der Waals surface area contributed by atoms with Gasteiger partial charge in [-0.05, 0) is 45.4 Å². The van der Waals surface area contributed by atoms with Crippen molar-refractivity contribution in [3.05, 3.63) is 29.6 Å². The summed E-state index contributed by atoms with van der Waals surface area (Å²) in [5.74, 6) is -0.0251. The Morgan fingerprint density at radius 1 is 1.53 bits per heavy atom. The lowest BCUT2D eigenvalue weighted by molar-refractivity contribution is -0.150. The minimum absolute atomic E-state index is 0.0264. The molecule has 0 spiro atoms. The lowest BCUT2D eigenvalue weighted by atomic mass is 9.98. The quantitative estimate of drug-likeness (QED) is 0.780. The lowest BCUT2D eigenvalue weighted by Crippen LogP contribution is -2.39. The van der Waals surface area contributed by atoms with Gasteiger partial charge < -0.3 is 4.74 Å². The minimum atomic E-state index is -0.0515. The van der Waals surface area contributed by atoms with Crippen LogP contribution in [0.15, 0.2) is 18.2 Å². The Hall–Kier alpha value is -1.42. The van der Waals surface area contributed by atoms with Crippen LogP contribution in [0, 0.1) is 12.8 Å². The standard InChI is InChI=1S/C15H22N2O2/c1-3-19-15(18)13-7-5-9-17(10-13)11-14-8-4-6-12(2)16-14/h4,6,8,13H,3,5,7,9-11H2,1-2H3/t13-/m0/s1. The smallest absolute Gasteiger partial charge is 0.310 e. The molecule has 1 aromatic rings. The highest BCUT2D eigenvalue weighted by molar-refractivity contribution is 5.72. The van der Waals surface area contributed by atoms with Crippen molar-refractivity contribution in [2.45, 2.75) is 33.2 Å². The molecular formula is C15H22N2O2. The van der Waals surface area contributed by atoms with Crippen LogP contribution in [0.25, 0.3) is 0 Å². The maximum atomic E-state index is 11.8. The van der Waals surface area contributed by atoms with Gasteiger partial charge in [0, 0.05) is 18.8 Å². The number of carbonyl (C=O) groups excluding carboxylic acids is 1. The van der Waals surface area contributed by atoms with E-state index in [4.69, 9.17) is 4.74 Å². The fraction of sp³-hybridized carbons (Fsp3) is 0.600. The van der Waals surface area contributed by atoms with Gasteiger partial charge in [-0.1, -0.05) is 6.07 Å². The number of nitrogens with zero attached hydrogens (tertiary/aromatic N) is 2. The van der Waals surface area contributed by atoms with Crippen LogP contribution in [0.5, 0.6) is 0 Å². The Morgan fingerprint density at radius 2 is 2.37 bits per heavy atom. The van der Waals surface area contributed by atoms with E-state index >= 15 is 0 Å². The molecule has 104 valence electrons. The lowest BCUT2D eigenvalue weighted by Gasteiger charge is -2.31. The van der Waals surface area contributed by atoms with Crippen LogP contribution >= 0.6 is 0 Å². The molecule has 4 nitrogen and oxygen atoms in total. The first-order valence-corrected chi connectivity index (χ1v) is 7.00. The maximum absolute atomic E-state index is 11.8. The number of esters is 1. The van der Waals surface area contributed by atoms with Crippen LogP contribution in [0.1, 0.15) is 31.2 Å². The normalized spacial score (nSPS) is 20.2. The summed E-state index contributed by atoms with van der Waals surface area (Å²) in [6.07, 6.45) is 1.99. The summed E-state index contributed by atoms with van der Waals surface area (Å²) in [5.41, 5.74) is 2.11. The molecule has 0 aliphatic carbocycles. The van der Waals surface area contributed by atoms with Crippen molar-refractivity contribution in [2.75, 3.05) is 19.7 Å². The number of aryl methyl sites for hydroxylation is 1. The summed E-state index contributed by atoms with van der Waals surface area (Å²) >= 11 is 0. The van der Waals surface area contributed by atoms with E-state index in [9.17, 15) is 4.79 Å². The number of piperidine rings is 1. The van der Waals surface area contributed by atoms with Crippen LogP contribution in [0.3, 0.4) is 0 Å². The molecule has 1 atom stereocenters. The number of aromatic nitrogens is 1. The zero-order chi connectivity index (χ0) is 13.7. The zero-order valence-electron chi connectivity index (χ0n) is 11.8. The van der Waals surface area contributed by atoms with Crippen LogP contribution in [0.4, 0.5) is 0 Å². The third-order valence-electron chi connectivity index (χ3n) is 3.46. The second kappa shape index (κ2) is 6.66. The predicted octanol–water partition coefficient (Wildman–Crippen LogP) is 2.17. The molecule has 0 saturated carbocycles. The van der Waals surface area contributed by atoms with Gasteiger partial charge in [-0.3, -0.25) is 14.7 Å². The van der Waals surface area contributed by atoms with E-state index in [1.807, 2.05) is 32.0 Å². The zero-order valence-corrected chi connectivity index (χ0v) is 11.8. The van der Waals surface area contributed by atoms with Gasteiger partial charge in [0.15, 0.2) is 0 Å². The predicted molar refractivity (Wildman–Crippen MR) is 73.6 cm³/mol. The second-order valence-electron chi connectivity index (χ2n) is 5.10. The van der Waals surface area contributed by atoms with Gasteiger partial charge in [0.25, 0.3) is 0 Å². The highest BCUT2D eigenvalue weighted by Crippen LogP contribution is 2.19. The van der Waals surface area contributed by atoms with E-state index in [2.05, 4.69) is 9.88 Å². The molecule has 0 amide bonds. The molecule has 1 aromatic heterocycles. The molecule has 1 aliphatic heterocycles. The topological polar surface area (TPSA) is 42.4 Å². The summed E-state index contributed by atoms with van der Waals surface area (Å²) < 4.78 is 5.12. The molecule has 0 aromatic carbocycles. The number of hydrogen-bond donors (Lipinski definition) is 0. The molecule has 0 radical (unpaired) electrons. The van der Waals surface area contributed by atoms with Gasteiger partial charge in [0.2, 0.25) is 0 Å². The fourth-order valence-electron chi connectivity index (χ4n) is 2.57. The Bertz CT molecular complexity index is 434. The van der Waals surface area contributed by atoms with Gasteiger partial charge in [0.05, 0.1) is 18.2 Å². The molecule has 19 heavy (non-hydrogen) atoms. The van der Waals surface area contributed by atoms with E-state index in [0.29, 0.717) is 6.61 Å². The molecule has 0 bridgehead atoms. The van der Waals surface area contributed by atoms with Crippen LogP contribution in [-0.2, 0) is 16.1 Å². The molecule has 1 aliphatic rings. The Kier molecular flexibility index (Phi) is 4.91. The highest BCUT2D eigenvalue weighted by Gasteiger charge is 2.26. The van der Waals surface area contributed by atoms with Crippen molar-refractivity contribution in [1.29, 1.82) is 0 Å². The maximum Gasteiger partial charge on any atom is 0.310 e. The highest BCUT2D eigenvalue weighted by atomic mass is 16.5. The molecule has 0 N–H and O–H groups in total. The van der Waals surface area contributed by atoms with E-state index in [-0.39, 0.29) is 11.9 Å². The van der Waals surface area contributed by atoms with Crippen molar-refractivity contribution in [2.24, 2.45) is 5.92 Å². The Morgan fingerprint density at radius 3 is 3.11 bits per heavy atom. The largest absolute Gasteiger partial charge is 0.466 e. The summed E-state index contributed by atoms with van der Waals surface area (Å²) in [6, 6.07) is 6.08. The molecular weight excluding hydrogens is 240 g/mol. The molecule has 2 heterocycles. The molecule has 4 heteroatoms. The molecule has 0 unspecified atom stereocenters. The van der Waals surface area contributed by atoms with E-state index in [0.717, 1.165) is 43.9 Å². The van der Waals surface area contributed by atoms with Gasteiger partial charge in [-0.2, -0.15) is 0 Å². The number of likely N-dealkylation sites (tertiary alicyclic amines) is 1. The van der Waals surface area contributed by atoms with Crippen LogP contribution in [-0.4, -0.2) is 35.5 Å². The number of rotatable bonds is 4. The molecule has 2 rings (SSSR count). The van der Waals surface area contributed by atoms with Crippen LogP contribution in [0.2, 0.25) is 0 Å². The van der Waals surface area contributed by atoms with Crippen molar-refractivity contribution in [3.63, 3.8) is 0 Å². The van der Waals surface area contributed by atoms with Crippen molar-refractivity contribution in [3.8, 4) is 0 Å². The van der Waals surface area contributed by atoms with Gasteiger partial charge >= 0.3 is 5.97 Å². The van der Waals surface area contributed by atoms with Gasteiger partial charge in [-0.15, -0.1) is 0 Å². The third-order valence-corrected chi connectivity index (χ3v) is 3.46. The average molecular weight is 262 g/mol. The number of hydrogen-bond acceptors (Lipinski definition) is 4. The number of ether oxygens (including phenoxy) is 1. The van der Waals surface area contributed by atoms with E-state index in [1.165, 1.54) is 0 Å². The van der Waals surface area contributed by atoms with Gasteiger partial charge in [0.1, 0.15) is 0 Å². The number of carbonyl (C=O) groups is 1. The summed E-state index contributed by atoms with van der Waals surface area (Å²) in [5, 5.41) is 0. The monoisotopic (exact) mass is 262 g/mol. The summed E-state index contributed by atoms with van der Waals surface area (Å²) in [4.78, 5) is 18.6. The summed E-state index contributed by atoms with van der Waals surface area (Å²) in [6.45, 7) is 6.96. The van der Waals surface area contributed by atoms with Gasteiger partial charge in [-0.25, -0.2) is 0 Å². The van der Waals surface area contributed by atoms with E-state index in [1.54, 1.807) is 0 Å². The van der Waals surface area contributed by atoms with Crippen molar-refractivity contribution < 1.29 is 9.53 Å². The van der Waals surface area contributed by atoms with Crippen molar-refractivity contribution >= 4 is 5.97 Å². The number of pyridine rings is 1. The first-order chi connectivity index (χ1) is 9.19. The Labute approximate surface area is 114 Å². The first-order valence-electron chi connectivity index (χ1n) is 7.00. The third kappa shape index (κ3) is 4.03. The Balaban J connectivity index is 1.92. The first kappa shape index (κ1) is 14.0. The average Bonchev–Trinajstić information content (AvgIpc) is 2.39. The SMILES string of the molecule is CCOC(=O)[C@H]1CCCN(Cc2cccc(C)n2)C1. The van der Waals surface area contributed by atoms with E-state index < -0.39 is 0 Å².